The van der Waals surface area contributed by atoms with E-state index in [2.05, 4.69) is 24.1 Å². The molecule has 0 fully saturated rings. The van der Waals surface area contributed by atoms with Crippen molar-refractivity contribution in [1.82, 2.24) is 4.98 Å². The van der Waals surface area contributed by atoms with E-state index in [1.54, 1.807) is 18.3 Å². The van der Waals surface area contributed by atoms with Crippen LogP contribution < -0.4 is 10.1 Å². The third-order valence-electron chi connectivity index (χ3n) is 3.58. The molecule has 4 nitrogen and oxygen atoms in total. The van der Waals surface area contributed by atoms with Crippen molar-refractivity contribution in [2.45, 2.75) is 13.8 Å². The molecule has 0 spiro atoms. The van der Waals surface area contributed by atoms with Crippen molar-refractivity contribution in [2.24, 2.45) is 5.92 Å². The third-order valence-corrected chi connectivity index (χ3v) is 3.58. The fourth-order valence-corrected chi connectivity index (χ4v) is 2.36. The first-order chi connectivity index (χ1) is 11.6. The van der Waals surface area contributed by atoms with E-state index in [1.165, 1.54) is 0 Å². The molecule has 3 rings (SSSR count). The molecule has 1 N–H and O–H groups in total. The zero-order valence-corrected chi connectivity index (χ0v) is 13.8. The number of pyridine rings is 1. The second-order valence-electron chi connectivity index (χ2n) is 6.06. The molecule has 0 atom stereocenters. The Morgan fingerprint density at radius 1 is 1.08 bits per heavy atom. The smallest absolute Gasteiger partial charge is 0.255 e. The molecule has 0 unspecified atom stereocenters. The van der Waals surface area contributed by atoms with Crippen LogP contribution in [0.1, 0.15) is 24.2 Å². The number of hydrogen-bond acceptors (Lipinski definition) is 3. The summed E-state index contributed by atoms with van der Waals surface area (Å²) in [4.78, 5) is 16.8. The van der Waals surface area contributed by atoms with Crippen LogP contribution in [0, 0.1) is 5.92 Å². The summed E-state index contributed by atoms with van der Waals surface area (Å²) in [5.74, 6) is 1.07. The van der Waals surface area contributed by atoms with Crippen LogP contribution in [0.3, 0.4) is 0 Å². The van der Waals surface area contributed by atoms with Crippen LogP contribution in [0.25, 0.3) is 10.9 Å². The summed E-state index contributed by atoms with van der Waals surface area (Å²) < 4.78 is 5.64. The lowest BCUT2D eigenvalue weighted by molar-refractivity contribution is 0.102. The third kappa shape index (κ3) is 3.71. The molecule has 0 radical (unpaired) electrons. The molecule has 0 aliphatic carbocycles. The number of carbonyl (C=O) groups excluding carboxylic acids is 1. The van der Waals surface area contributed by atoms with Gasteiger partial charge in [0, 0.05) is 17.1 Å². The maximum atomic E-state index is 12.5. The van der Waals surface area contributed by atoms with Crippen molar-refractivity contribution < 1.29 is 9.53 Å². The van der Waals surface area contributed by atoms with Crippen LogP contribution >= 0.6 is 0 Å². The molecule has 0 saturated carbocycles. The van der Waals surface area contributed by atoms with Gasteiger partial charge in [-0.25, -0.2) is 0 Å². The van der Waals surface area contributed by atoms with Crippen LogP contribution in [0.15, 0.2) is 60.8 Å². The highest BCUT2D eigenvalue weighted by Crippen LogP contribution is 2.22. The predicted molar refractivity (Wildman–Crippen MR) is 96.5 cm³/mol. The Hall–Kier alpha value is -2.88. The molecule has 122 valence electrons. The van der Waals surface area contributed by atoms with Crippen molar-refractivity contribution in [3.8, 4) is 5.75 Å². The summed E-state index contributed by atoms with van der Waals surface area (Å²) in [7, 11) is 0. The lowest BCUT2D eigenvalue weighted by atomic mass is 10.1. The van der Waals surface area contributed by atoms with Crippen molar-refractivity contribution in [1.29, 1.82) is 0 Å². The second kappa shape index (κ2) is 7.13. The average Bonchev–Trinajstić information content (AvgIpc) is 2.60. The van der Waals surface area contributed by atoms with E-state index in [0.717, 1.165) is 16.7 Å². The van der Waals surface area contributed by atoms with Crippen LogP contribution in [0.4, 0.5) is 5.69 Å². The Morgan fingerprint density at radius 3 is 2.58 bits per heavy atom. The predicted octanol–water partition coefficient (Wildman–Crippen LogP) is 4.52. The van der Waals surface area contributed by atoms with E-state index < -0.39 is 0 Å². The van der Waals surface area contributed by atoms with Gasteiger partial charge in [-0.3, -0.25) is 9.78 Å². The first kappa shape index (κ1) is 16.0. The number of amides is 1. The normalized spacial score (nSPS) is 10.8. The van der Waals surface area contributed by atoms with Gasteiger partial charge < -0.3 is 10.1 Å². The van der Waals surface area contributed by atoms with Crippen LogP contribution in [0.2, 0.25) is 0 Å². The van der Waals surface area contributed by atoms with E-state index in [9.17, 15) is 4.79 Å². The van der Waals surface area contributed by atoms with E-state index in [1.807, 2.05) is 42.5 Å². The van der Waals surface area contributed by atoms with Gasteiger partial charge in [0.1, 0.15) is 5.75 Å². The number of fused-ring (bicyclic) bond motifs is 1. The van der Waals surface area contributed by atoms with Crippen molar-refractivity contribution in [3.05, 3.63) is 66.4 Å². The van der Waals surface area contributed by atoms with Gasteiger partial charge in [0.05, 0.1) is 17.8 Å². The molecule has 4 heteroatoms. The van der Waals surface area contributed by atoms with Gasteiger partial charge in [0.2, 0.25) is 0 Å². The molecule has 0 aliphatic heterocycles. The Bertz CT molecular complexity index is 836. The Morgan fingerprint density at radius 2 is 1.83 bits per heavy atom. The van der Waals surface area contributed by atoms with Gasteiger partial charge >= 0.3 is 0 Å². The molecule has 3 aromatic rings. The van der Waals surface area contributed by atoms with Gasteiger partial charge in [-0.05, 0) is 42.3 Å². The second-order valence-corrected chi connectivity index (χ2v) is 6.06. The summed E-state index contributed by atoms with van der Waals surface area (Å²) in [5.41, 5.74) is 2.07. The summed E-state index contributed by atoms with van der Waals surface area (Å²) >= 11 is 0. The molecule has 0 saturated heterocycles. The molecule has 0 bridgehead atoms. The largest absolute Gasteiger partial charge is 0.493 e. The highest BCUT2D eigenvalue weighted by molar-refractivity contribution is 6.08. The molecular formula is C20H20N2O2. The summed E-state index contributed by atoms with van der Waals surface area (Å²) in [5, 5.41) is 3.92. The van der Waals surface area contributed by atoms with E-state index in [0.29, 0.717) is 23.8 Å². The number of benzene rings is 2. The van der Waals surface area contributed by atoms with E-state index in [-0.39, 0.29) is 5.91 Å². The number of aromatic nitrogens is 1. The number of nitrogens with one attached hydrogen (secondary N) is 1. The average molecular weight is 320 g/mol. The van der Waals surface area contributed by atoms with Crippen molar-refractivity contribution >= 4 is 22.5 Å². The van der Waals surface area contributed by atoms with E-state index in [4.69, 9.17) is 4.74 Å². The van der Waals surface area contributed by atoms with Gasteiger partial charge in [-0.2, -0.15) is 0 Å². The zero-order valence-electron chi connectivity index (χ0n) is 13.8. The number of carbonyl (C=O) groups is 1. The Kier molecular flexibility index (Phi) is 4.75. The fraction of sp³-hybridized carbons (Fsp3) is 0.200. The molecular weight excluding hydrogens is 300 g/mol. The molecule has 1 amide bonds. The molecule has 1 heterocycles. The maximum absolute atomic E-state index is 12.5. The number of hydrogen-bond donors (Lipinski definition) is 1. The number of para-hydroxylation sites is 1. The molecule has 1 aromatic heterocycles. The van der Waals surface area contributed by atoms with Crippen LogP contribution in [-0.4, -0.2) is 17.5 Å². The minimum atomic E-state index is -0.163. The molecule has 2 aromatic carbocycles. The monoisotopic (exact) mass is 320 g/mol. The topological polar surface area (TPSA) is 51.2 Å². The fourth-order valence-electron chi connectivity index (χ4n) is 2.36. The number of rotatable bonds is 5. The Labute approximate surface area is 141 Å². The van der Waals surface area contributed by atoms with Crippen molar-refractivity contribution in [3.63, 3.8) is 0 Å². The first-order valence-corrected chi connectivity index (χ1v) is 8.01. The zero-order chi connectivity index (χ0) is 16.9. The highest BCUT2D eigenvalue weighted by Gasteiger charge is 2.09. The Balaban J connectivity index is 1.74. The van der Waals surface area contributed by atoms with E-state index >= 15 is 0 Å². The summed E-state index contributed by atoms with van der Waals surface area (Å²) in [6.07, 6.45) is 1.72. The maximum Gasteiger partial charge on any atom is 0.255 e. The minimum absolute atomic E-state index is 0.163. The van der Waals surface area contributed by atoms with Gasteiger partial charge in [-0.15, -0.1) is 0 Å². The number of ether oxygens (including phenoxy) is 1. The number of nitrogens with zero attached hydrogens (tertiary/aromatic N) is 1. The van der Waals surface area contributed by atoms with Crippen LogP contribution in [-0.2, 0) is 0 Å². The minimum Gasteiger partial charge on any atom is -0.493 e. The lowest BCUT2D eigenvalue weighted by Crippen LogP contribution is -2.12. The molecule has 0 aliphatic rings. The first-order valence-electron chi connectivity index (χ1n) is 8.01. The van der Waals surface area contributed by atoms with Crippen molar-refractivity contribution in [2.75, 3.05) is 11.9 Å². The van der Waals surface area contributed by atoms with Crippen LogP contribution in [0.5, 0.6) is 5.75 Å². The highest BCUT2D eigenvalue weighted by atomic mass is 16.5. The summed E-state index contributed by atoms with van der Waals surface area (Å²) in [6, 6.07) is 16.8. The van der Waals surface area contributed by atoms with Gasteiger partial charge in [0.25, 0.3) is 5.91 Å². The molecule has 24 heavy (non-hydrogen) atoms. The number of anilines is 1. The van der Waals surface area contributed by atoms with Gasteiger partial charge in [0.15, 0.2) is 0 Å². The lowest BCUT2D eigenvalue weighted by Gasteiger charge is -2.10. The van der Waals surface area contributed by atoms with Gasteiger partial charge in [-0.1, -0.05) is 32.0 Å². The standard InChI is InChI=1S/C20H20N2O2/c1-14(2)13-24-17-10-8-16(9-11-17)20(23)22-18-7-3-5-15-6-4-12-21-19(15)18/h3-12,14H,13H2,1-2H3,(H,22,23). The SMILES string of the molecule is CC(C)COc1ccc(C(=O)Nc2cccc3cccnc23)cc1. The summed E-state index contributed by atoms with van der Waals surface area (Å²) in [6.45, 7) is 4.85. The quantitative estimate of drug-likeness (QED) is 0.752.